The number of fused-ring (bicyclic) bond motifs is 4. The van der Waals surface area contributed by atoms with E-state index in [0.717, 1.165) is 0 Å². The van der Waals surface area contributed by atoms with E-state index < -0.39 is 0 Å². The lowest BCUT2D eigenvalue weighted by Crippen LogP contribution is -2.29. The summed E-state index contributed by atoms with van der Waals surface area (Å²) >= 11 is 0. The Morgan fingerprint density at radius 2 is 0.613 bits per heavy atom. The van der Waals surface area contributed by atoms with E-state index in [1.165, 1.54) is 44.5 Å². The van der Waals surface area contributed by atoms with Crippen LogP contribution in [0.5, 0.6) is 0 Å². The molecule has 4 aromatic rings. The molecule has 4 aromatic carbocycles. The van der Waals surface area contributed by atoms with Crippen molar-refractivity contribution in [3.8, 4) is 0 Å². The summed E-state index contributed by atoms with van der Waals surface area (Å²) in [5.41, 5.74) is 10.3. The van der Waals surface area contributed by atoms with E-state index in [1.807, 2.05) is 0 Å². The van der Waals surface area contributed by atoms with Gasteiger partial charge in [-0.3, -0.25) is 5.32 Å². The first-order valence-electron chi connectivity index (χ1n) is 10.9. The van der Waals surface area contributed by atoms with Crippen LogP contribution < -0.4 is 5.32 Å². The molecule has 0 radical (unpaired) electrons. The Hall–Kier alpha value is -3.68. The third kappa shape index (κ3) is 3.15. The Morgan fingerprint density at radius 1 is 0.355 bits per heavy atom. The van der Waals surface area contributed by atoms with E-state index in [1.54, 1.807) is 0 Å². The van der Waals surface area contributed by atoms with Crippen molar-refractivity contribution in [3.05, 3.63) is 142 Å². The summed E-state index contributed by atoms with van der Waals surface area (Å²) in [4.78, 5) is 0. The van der Waals surface area contributed by atoms with Gasteiger partial charge in [0, 0.05) is 0 Å². The van der Waals surface area contributed by atoms with Gasteiger partial charge in [0.1, 0.15) is 0 Å². The van der Waals surface area contributed by atoms with E-state index >= 15 is 0 Å². The molecule has 0 atom stereocenters. The fourth-order valence-corrected chi connectivity index (χ4v) is 4.92. The highest BCUT2D eigenvalue weighted by atomic mass is 15.0. The van der Waals surface area contributed by atoms with E-state index in [-0.39, 0.29) is 12.1 Å². The van der Waals surface area contributed by atoms with Crippen LogP contribution in [0.15, 0.2) is 97.1 Å². The van der Waals surface area contributed by atoms with Gasteiger partial charge in [-0.05, 0) is 44.5 Å². The van der Waals surface area contributed by atoms with Crippen LogP contribution in [-0.2, 0) is 0 Å². The molecule has 6 rings (SSSR count). The van der Waals surface area contributed by atoms with Gasteiger partial charge in [-0.15, -0.1) is 0 Å². The lowest BCUT2D eigenvalue weighted by molar-refractivity contribution is 0.539. The first-order valence-corrected chi connectivity index (χ1v) is 10.9. The molecule has 0 bridgehead atoms. The third-order valence-electron chi connectivity index (χ3n) is 6.45. The molecular formula is C30H23N. The van der Waals surface area contributed by atoms with Crippen LogP contribution in [0.1, 0.15) is 56.6 Å². The van der Waals surface area contributed by atoms with Gasteiger partial charge in [-0.25, -0.2) is 0 Å². The van der Waals surface area contributed by atoms with Crippen LogP contribution >= 0.6 is 0 Å². The van der Waals surface area contributed by atoms with Gasteiger partial charge >= 0.3 is 0 Å². The van der Waals surface area contributed by atoms with Crippen molar-refractivity contribution in [1.29, 1.82) is 0 Å². The highest BCUT2D eigenvalue weighted by molar-refractivity contribution is 5.78. The van der Waals surface area contributed by atoms with E-state index in [4.69, 9.17) is 0 Å². The molecule has 0 fully saturated rings. The minimum absolute atomic E-state index is 0.0895. The Kier molecular flexibility index (Phi) is 4.40. The summed E-state index contributed by atoms with van der Waals surface area (Å²) < 4.78 is 0. The minimum atomic E-state index is 0.0895. The predicted octanol–water partition coefficient (Wildman–Crippen LogP) is 7.12. The maximum absolute atomic E-state index is 4.08. The van der Waals surface area contributed by atoms with Gasteiger partial charge in [-0.1, -0.05) is 121 Å². The van der Waals surface area contributed by atoms with Crippen LogP contribution in [0.3, 0.4) is 0 Å². The van der Waals surface area contributed by atoms with Crippen molar-refractivity contribution in [2.24, 2.45) is 0 Å². The Morgan fingerprint density at radius 3 is 0.903 bits per heavy atom. The molecule has 2 aliphatic rings. The zero-order chi connectivity index (χ0) is 20.6. The molecule has 1 heteroatoms. The van der Waals surface area contributed by atoms with Crippen molar-refractivity contribution >= 4 is 24.3 Å². The number of benzene rings is 4. The maximum atomic E-state index is 4.08. The number of hydrogen-bond donors (Lipinski definition) is 1. The van der Waals surface area contributed by atoms with Gasteiger partial charge in [-0.2, -0.15) is 0 Å². The zero-order valence-corrected chi connectivity index (χ0v) is 17.2. The van der Waals surface area contributed by atoms with Crippen molar-refractivity contribution in [1.82, 2.24) is 5.32 Å². The van der Waals surface area contributed by atoms with Gasteiger partial charge in [0.05, 0.1) is 12.1 Å². The van der Waals surface area contributed by atoms with Crippen molar-refractivity contribution in [2.75, 3.05) is 0 Å². The predicted molar refractivity (Wildman–Crippen MR) is 130 cm³/mol. The minimum Gasteiger partial charge on any atom is -0.295 e. The number of rotatable bonds is 2. The smallest absolute Gasteiger partial charge is 0.0595 e. The topological polar surface area (TPSA) is 12.0 Å². The summed E-state index contributed by atoms with van der Waals surface area (Å²) in [5.74, 6) is 0. The zero-order valence-electron chi connectivity index (χ0n) is 17.2. The fraction of sp³-hybridized carbons (Fsp3) is 0.0667. The molecule has 0 spiro atoms. The SMILES string of the molecule is C1=Cc2ccccc2C(NC2c3ccccc3C=Cc3ccccc32)c2ccccc21. The molecule has 0 amide bonds. The Bertz CT molecular complexity index is 1130. The lowest BCUT2D eigenvalue weighted by Gasteiger charge is -2.29. The molecule has 0 aromatic heterocycles. The second kappa shape index (κ2) is 7.54. The number of hydrogen-bond acceptors (Lipinski definition) is 1. The molecular weight excluding hydrogens is 374 g/mol. The standard InChI is InChI=1S/C30H23N/c1-5-13-25-21(9-1)17-18-22-10-2-6-14-26(22)29(25)31-30-27-15-7-3-11-23(27)19-20-24-12-4-8-16-28(24)30/h1-20,29-31H. The van der Waals surface area contributed by atoms with Crippen LogP contribution in [-0.4, -0.2) is 0 Å². The number of nitrogens with one attached hydrogen (secondary N) is 1. The summed E-state index contributed by atoms with van der Waals surface area (Å²) in [6.45, 7) is 0. The van der Waals surface area contributed by atoms with Gasteiger partial charge < -0.3 is 0 Å². The van der Waals surface area contributed by atoms with Crippen molar-refractivity contribution in [3.63, 3.8) is 0 Å². The highest BCUT2D eigenvalue weighted by Crippen LogP contribution is 2.39. The Balaban J connectivity index is 1.55. The van der Waals surface area contributed by atoms with Crippen LogP contribution in [0, 0.1) is 0 Å². The molecule has 0 unspecified atom stereocenters. The van der Waals surface area contributed by atoms with Crippen LogP contribution in [0.4, 0.5) is 0 Å². The van der Waals surface area contributed by atoms with Crippen molar-refractivity contribution < 1.29 is 0 Å². The Labute approximate surface area is 183 Å². The second-order valence-corrected chi connectivity index (χ2v) is 8.22. The largest absolute Gasteiger partial charge is 0.295 e. The van der Waals surface area contributed by atoms with Gasteiger partial charge in [0.15, 0.2) is 0 Å². The first-order chi connectivity index (χ1) is 15.4. The lowest BCUT2D eigenvalue weighted by atomic mass is 9.89. The average molecular weight is 398 g/mol. The maximum Gasteiger partial charge on any atom is 0.0595 e. The summed E-state index contributed by atoms with van der Waals surface area (Å²) in [5, 5.41) is 4.08. The molecule has 31 heavy (non-hydrogen) atoms. The van der Waals surface area contributed by atoms with Crippen LogP contribution in [0.2, 0.25) is 0 Å². The quantitative estimate of drug-likeness (QED) is 0.380. The second-order valence-electron chi connectivity index (χ2n) is 8.22. The highest BCUT2D eigenvalue weighted by Gasteiger charge is 2.28. The molecule has 0 saturated heterocycles. The molecule has 1 nitrogen and oxygen atoms in total. The summed E-state index contributed by atoms with van der Waals surface area (Å²) in [6, 6.07) is 35.1. The summed E-state index contributed by atoms with van der Waals surface area (Å²) in [6.07, 6.45) is 8.97. The molecule has 1 N–H and O–H groups in total. The fourth-order valence-electron chi connectivity index (χ4n) is 4.92. The summed E-state index contributed by atoms with van der Waals surface area (Å²) in [7, 11) is 0. The van der Waals surface area contributed by atoms with E-state index in [2.05, 4.69) is 127 Å². The molecule has 0 saturated carbocycles. The van der Waals surface area contributed by atoms with E-state index in [0.29, 0.717) is 0 Å². The monoisotopic (exact) mass is 397 g/mol. The first kappa shape index (κ1) is 18.1. The van der Waals surface area contributed by atoms with E-state index in [9.17, 15) is 0 Å². The molecule has 148 valence electrons. The normalized spacial score (nSPS) is 14.7. The molecule has 2 aliphatic carbocycles. The molecule has 0 heterocycles. The average Bonchev–Trinajstić information content (AvgIpc) is 3.09. The van der Waals surface area contributed by atoms with Gasteiger partial charge in [0.25, 0.3) is 0 Å². The van der Waals surface area contributed by atoms with Crippen LogP contribution in [0.25, 0.3) is 24.3 Å². The molecule has 0 aliphatic heterocycles. The van der Waals surface area contributed by atoms with Crippen molar-refractivity contribution in [2.45, 2.75) is 12.1 Å². The third-order valence-corrected chi connectivity index (χ3v) is 6.45. The van der Waals surface area contributed by atoms with Gasteiger partial charge in [0.2, 0.25) is 0 Å².